The number of carbonyl (C=O) groups excluding carboxylic acids is 1. The molecule has 2 N–H and O–H groups in total. The summed E-state index contributed by atoms with van der Waals surface area (Å²) in [6, 6.07) is 8.13. The van der Waals surface area contributed by atoms with Crippen molar-refractivity contribution in [2.75, 3.05) is 0 Å². The van der Waals surface area contributed by atoms with E-state index in [4.69, 9.17) is 0 Å². The third kappa shape index (κ3) is 2.56. The zero-order valence-electron chi connectivity index (χ0n) is 11.5. The Morgan fingerprint density at radius 1 is 1.30 bits per heavy atom. The molecule has 0 saturated heterocycles. The van der Waals surface area contributed by atoms with Gasteiger partial charge in [-0.1, -0.05) is 25.0 Å². The van der Waals surface area contributed by atoms with Crippen LogP contribution in [0, 0.1) is 0 Å². The number of hydrogen-bond acceptors (Lipinski definition) is 2. The van der Waals surface area contributed by atoms with Crippen LogP contribution in [0.25, 0.3) is 10.9 Å². The molecular formula is C16H20N2O2. The third-order valence-corrected chi connectivity index (χ3v) is 4.11. The van der Waals surface area contributed by atoms with Gasteiger partial charge in [0.25, 0.3) is 0 Å². The minimum absolute atomic E-state index is 0.0234. The number of nitrogens with zero attached hydrogens (tertiary/aromatic N) is 1. The van der Waals surface area contributed by atoms with E-state index in [2.05, 4.69) is 5.32 Å². The van der Waals surface area contributed by atoms with Crippen molar-refractivity contribution < 1.29 is 9.90 Å². The van der Waals surface area contributed by atoms with Crippen molar-refractivity contribution in [1.82, 2.24) is 9.88 Å². The van der Waals surface area contributed by atoms with Crippen molar-refractivity contribution in [2.24, 2.45) is 0 Å². The highest BCUT2D eigenvalue weighted by molar-refractivity contribution is 5.85. The van der Waals surface area contributed by atoms with Crippen molar-refractivity contribution in [3.05, 3.63) is 36.0 Å². The van der Waals surface area contributed by atoms with E-state index in [9.17, 15) is 9.90 Å². The van der Waals surface area contributed by atoms with Gasteiger partial charge < -0.3 is 15.0 Å². The molecule has 106 valence electrons. The molecule has 1 heterocycles. The second-order valence-electron chi connectivity index (χ2n) is 5.50. The van der Waals surface area contributed by atoms with Gasteiger partial charge in [0.2, 0.25) is 5.91 Å². The Morgan fingerprint density at radius 2 is 2.10 bits per heavy atom. The molecule has 0 bridgehead atoms. The highest BCUT2D eigenvalue weighted by atomic mass is 16.3. The summed E-state index contributed by atoms with van der Waals surface area (Å²) in [7, 11) is 0. The largest absolute Gasteiger partial charge is 0.392 e. The number of benzene rings is 1. The van der Waals surface area contributed by atoms with Crippen molar-refractivity contribution in [1.29, 1.82) is 0 Å². The second kappa shape index (κ2) is 5.67. The van der Waals surface area contributed by atoms with Gasteiger partial charge in [-0.05, 0) is 30.5 Å². The predicted molar refractivity (Wildman–Crippen MR) is 78.3 cm³/mol. The van der Waals surface area contributed by atoms with E-state index >= 15 is 0 Å². The summed E-state index contributed by atoms with van der Waals surface area (Å²) >= 11 is 0. The Kier molecular flexibility index (Phi) is 3.74. The SMILES string of the molecule is O=C(Cn1ccc2c(CO)cccc21)NC1CCCC1. The number of fused-ring (bicyclic) bond motifs is 1. The van der Waals surface area contributed by atoms with E-state index in [0.29, 0.717) is 12.6 Å². The van der Waals surface area contributed by atoms with Gasteiger partial charge in [0.1, 0.15) is 6.54 Å². The number of aliphatic hydroxyl groups is 1. The Bertz CT molecular complexity index is 612. The molecule has 0 radical (unpaired) electrons. The van der Waals surface area contributed by atoms with Gasteiger partial charge in [0.05, 0.1) is 6.61 Å². The van der Waals surface area contributed by atoms with Crippen LogP contribution in [-0.4, -0.2) is 21.6 Å². The molecule has 1 aromatic heterocycles. The summed E-state index contributed by atoms with van der Waals surface area (Å²) in [5.41, 5.74) is 1.90. The topological polar surface area (TPSA) is 54.3 Å². The number of rotatable bonds is 4. The van der Waals surface area contributed by atoms with Crippen molar-refractivity contribution >= 4 is 16.8 Å². The predicted octanol–water partition coefficient (Wildman–Crippen LogP) is 2.19. The van der Waals surface area contributed by atoms with Crippen LogP contribution in [0.3, 0.4) is 0 Å². The zero-order valence-corrected chi connectivity index (χ0v) is 11.5. The highest BCUT2D eigenvalue weighted by Gasteiger charge is 2.17. The molecule has 1 aromatic carbocycles. The molecule has 20 heavy (non-hydrogen) atoms. The molecule has 3 rings (SSSR count). The third-order valence-electron chi connectivity index (χ3n) is 4.11. The molecule has 2 aromatic rings. The average Bonchev–Trinajstić information content (AvgIpc) is 3.09. The lowest BCUT2D eigenvalue weighted by molar-refractivity contribution is -0.122. The van der Waals surface area contributed by atoms with E-state index in [1.807, 2.05) is 35.0 Å². The zero-order chi connectivity index (χ0) is 13.9. The smallest absolute Gasteiger partial charge is 0.240 e. The lowest BCUT2D eigenvalue weighted by Gasteiger charge is -2.13. The number of hydrogen-bond donors (Lipinski definition) is 2. The fourth-order valence-corrected chi connectivity index (χ4v) is 3.06. The monoisotopic (exact) mass is 272 g/mol. The minimum Gasteiger partial charge on any atom is -0.392 e. The Labute approximate surface area is 118 Å². The van der Waals surface area contributed by atoms with Crippen molar-refractivity contribution in [3.63, 3.8) is 0 Å². The van der Waals surface area contributed by atoms with Gasteiger partial charge in [0, 0.05) is 23.1 Å². The van der Waals surface area contributed by atoms with E-state index in [1.54, 1.807) is 0 Å². The first-order valence-electron chi connectivity index (χ1n) is 7.25. The Morgan fingerprint density at radius 3 is 2.85 bits per heavy atom. The van der Waals surface area contributed by atoms with Gasteiger partial charge >= 0.3 is 0 Å². The fourth-order valence-electron chi connectivity index (χ4n) is 3.06. The van der Waals surface area contributed by atoms with E-state index in [1.165, 1.54) is 12.8 Å². The molecule has 4 heteroatoms. The number of aromatic nitrogens is 1. The molecule has 1 saturated carbocycles. The summed E-state index contributed by atoms with van der Waals surface area (Å²) in [4.78, 5) is 12.1. The maximum Gasteiger partial charge on any atom is 0.240 e. The minimum atomic E-state index is 0.0234. The summed E-state index contributed by atoms with van der Waals surface area (Å²) in [5, 5.41) is 13.4. The molecule has 1 aliphatic rings. The number of nitrogens with one attached hydrogen (secondary N) is 1. The van der Waals surface area contributed by atoms with Crippen molar-refractivity contribution in [2.45, 2.75) is 44.9 Å². The molecule has 0 aliphatic heterocycles. The van der Waals surface area contributed by atoms with Crippen LogP contribution in [0.1, 0.15) is 31.2 Å². The van der Waals surface area contributed by atoms with Gasteiger partial charge in [-0.3, -0.25) is 4.79 Å². The van der Waals surface area contributed by atoms with E-state index in [-0.39, 0.29) is 12.5 Å². The van der Waals surface area contributed by atoms with E-state index < -0.39 is 0 Å². The van der Waals surface area contributed by atoms with Crippen LogP contribution in [0.4, 0.5) is 0 Å². The first-order chi connectivity index (χ1) is 9.78. The maximum atomic E-state index is 12.1. The molecule has 1 amide bonds. The van der Waals surface area contributed by atoms with Crippen LogP contribution < -0.4 is 5.32 Å². The van der Waals surface area contributed by atoms with Crippen LogP contribution in [-0.2, 0) is 17.9 Å². The maximum absolute atomic E-state index is 12.1. The quantitative estimate of drug-likeness (QED) is 0.896. The first kappa shape index (κ1) is 13.2. The van der Waals surface area contributed by atoms with Crippen LogP contribution in [0.2, 0.25) is 0 Å². The Balaban J connectivity index is 1.75. The summed E-state index contributed by atoms with van der Waals surface area (Å²) < 4.78 is 1.94. The number of amides is 1. The molecule has 1 aliphatic carbocycles. The number of carbonyl (C=O) groups is 1. The molecular weight excluding hydrogens is 252 g/mol. The van der Waals surface area contributed by atoms with E-state index in [0.717, 1.165) is 29.3 Å². The average molecular weight is 272 g/mol. The van der Waals surface area contributed by atoms with Crippen LogP contribution in [0.15, 0.2) is 30.5 Å². The van der Waals surface area contributed by atoms with Crippen LogP contribution >= 0.6 is 0 Å². The van der Waals surface area contributed by atoms with Gasteiger partial charge in [-0.25, -0.2) is 0 Å². The summed E-state index contributed by atoms with van der Waals surface area (Å²) in [6.07, 6.45) is 6.56. The molecule has 1 fully saturated rings. The Hall–Kier alpha value is -1.81. The first-order valence-corrected chi connectivity index (χ1v) is 7.25. The van der Waals surface area contributed by atoms with Gasteiger partial charge in [-0.2, -0.15) is 0 Å². The lowest BCUT2D eigenvalue weighted by atomic mass is 10.1. The molecule has 0 spiro atoms. The second-order valence-corrected chi connectivity index (χ2v) is 5.50. The lowest BCUT2D eigenvalue weighted by Crippen LogP contribution is -2.35. The molecule has 0 unspecified atom stereocenters. The molecule has 4 nitrogen and oxygen atoms in total. The van der Waals surface area contributed by atoms with Crippen LogP contribution in [0.5, 0.6) is 0 Å². The van der Waals surface area contributed by atoms with Gasteiger partial charge in [0.15, 0.2) is 0 Å². The summed E-state index contributed by atoms with van der Waals surface area (Å²) in [6.45, 7) is 0.366. The van der Waals surface area contributed by atoms with Crippen molar-refractivity contribution in [3.8, 4) is 0 Å². The number of aliphatic hydroxyl groups excluding tert-OH is 1. The highest BCUT2D eigenvalue weighted by Crippen LogP contribution is 2.21. The summed E-state index contributed by atoms with van der Waals surface area (Å²) in [5.74, 6) is 0.0730. The standard InChI is InChI=1S/C16H20N2O2/c19-11-12-4-3-7-15-14(12)8-9-18(15)10-16(20)17-13-5-1-2-6-13/h3-4,7-9,13,19H,1-2,5-6,10-11H2,(H,17,20). The molecule has 0 atom stereocenters. The fraction of sp³-hybridized carbons (Fsp3) is 0.438. The van der Waals surface area contributed by atoms with Gasteiger partial charge in [-0.15, -0.1) is 0 Å². The normalized spacial score (nSPS) is 15.8.